The lowest BCUT2D eigenvalue weighted by Crippen LogP contribution is -2.17. The summed E-state index contributed by atoms with van der Waals surface area (Å²) in [5.41, 5.74) is 3.85. The van der Waals surface area contributed by atoms with Crippen molar-refractivity contribution in [3.8, 4) is 11.5 Å². The van der Waals surface area contributed by atoms with Gasteiger partial charge in [-0.3, -0.25) is 9.78 Å². The molecule has 0 aliphatic rings. The zero-order valence-corrected chi connectivity index (χ0v) is 22.1. The first-order chi connectivity index (χ1) is 17.9. The van der Waals surface area contributed by atoms with E-state index in [4.69, 9.17) is 9.47 Å². The van der Waals surface area contributed by atoms with Crippen LogP contribution in [-0.2, 0) is 0 Å². The Kier molecular flexibility index (Phi) is 8.55. The number of halogens is 2. The van der Waals surface area contributed by atoms with Crippen LogP contribution in [0.3, 0.4) is 0 Å². The fraction of sp³-hybridized carbons (Fsp3) is 0. The quantitative estimate of drug-likeness (QED) is 0.121. The molecule has 0 spiro atoms. The zero-order chi connectivity index (χ0) is 26.2. The van der Waals surface area contributed by atoms with Crippen LogP contribution in [0.4, 0.5) is 0 Å². The van der Waals surface area contributed by atoms with Gasteiger partial charge in [0, 0.05) is 21.3 Å². The summed E-state index contributed by atoms with van der Waals surface area (Å²) in [6.07, 6.45) is 4.34. The number of nitrogens with one attached hydrogen (secondary N) is 1. The van der Waals surface area contributed by atoms with E-state index in [9.17, 15) is 14.4 Å². The normalized spacial score (nSPS) is 10.6. The Hall–Kier alpha value is -4.15. The van der Waals surface area contributed by atoms with Gasteiger partial charge in [0.1, 0.15) is 0 Å². The summed E-state index contributed by atoms with van der Waals surface area (Å²) in [5, 5.41) is 3.94. The van der Waals surface area contributed by atoms with E-state index < -0.39 is 17.8 Å². The second-order valence-electron chi connectivity index (χ2n) is 7.44. The maximum absolute atomic E-state index is 12.8. The molecule has 1 N–H and O–H groups in total. The number of pyridine rings is 1. The predicted octanol–water partition coefficient (Wildman–Crippen LogP) is 5.81. The Morgan fingerprint density at radius 1 is 0.757 bits per heavy atom. The van der Waals surface area contributed by atoms with Gasteiger partial charge in [0.2, 0.25) is 0 Å². The summed E-state index contributed by atoms with van der Waals surface area (Å²) in [4.78, 5) is 41.5. The van der Waals surface area contributed by atoms with Gasteiger partial charge in [-0.1, -0.05) is 31.9 Å². The van der Waals surface area contributed by atoms with E-state index in [1.54, 1.807) is 72.9 Å². The third kappa shape index (κ3) is 7.18. The van der Waals surface area contributed by atoms with Crippen LogP contribution in [0.15, 0.2) is 105 Å². The number of aromatic nitrogens is 1. The maximum atomic E-state index is 12.8. The van der Waals surface area contributed by atoms with Crippen molar-refractivity contribution in [3.05, 3.63) is 122 Å². The Bertz CT molecular complexity index is 1460. The molecule has 0 aliphatic carbocycles. The summed E-state index contributed by atoms with van der Waals surface area (Å²) < 4.78 is 12.7. The molecule has 4 aromatic rings. The number of rotatable bonds is 7. The number of amides is 1. The number of benzene rings is 3. The van der Waals surface area contributed by atoms with Crippen LogP contribution >= 0.6 is 31.9 Å². The van der Waals surface area contributed by atoms with Crippen molar-refractivity contribution in [2.45, 2.75) is 0 Å². The molecule has 0 unspecified atom stereocenters. The molecule has 1 aromatic heterocycles. The highest BCUT2D eigenvalue weighted by atomic mass is 79.9. The molecule has 10 heteroatoms. The Morgan fingerprint density at radius 3 is 1.92 bits per heavy atom. The van der Waals surface area contributed by atoms with Crippen LogP contribution in [0.25, 0.3) is 0 Å². The van der Waals surface area contributed by atoms with E-state index in [2.05, 4.69) is 47.4 Å². The average molecular weight is 623 g/mol. The summed E-state index contributed by atoms with van der Waals surface area (Å²) in [5.74, 6) is -1.67. The van der Waals surface area contributed by atoms with Crippen LogP contribution in [-0.4, -0.2) is 29.0 Å². The van der Waals surface area contributed by atoms with Gasteiger partial charge in [-0.15, -0.1) is 0 Å². The van der Waals surface area contributed by atoms with Gasteiger partial charge in [0.15, 0.2) is 11.5 Å². The third-order valence-corrected chi connectivity index (χ3v) is 5.89. The smallest absolute Gasteiger partial charge is 0.343 e. The molecule has 1 heterocycles. The van der Waals surface area contributed by atoms with Gasteiger partial charge in [-0.25, -0.2) is 15.0 Å². The Labute approximate surface area is 228 Å². The first kappa shape index (κ1) is 25.9. The lowest BCUT2D eigenvalue weighted by Gasteiger charge is -2.12. The SMILES string of the molecule is O=C(NN=Cc1ccc(OC(=O)c2ccc(Br)cc2)c(OC(=O)c2ccc(Br)cc2)c1)c1cccnc1. The molecule has 184 valence electrons. The van der Waals surface area contributed by atoms with Gasteiger partial charge in [-0.2, -0.15) is 5.10 Å². The van der Waals surface area contributed by atoms with Gasteiger partial charge in [0.25, 0.3) is 5.91 Å². The molecular formula is C27H17Br2N3O5. The fourth-order valence-electron chi connectivity index (χ4n) is 2.99. The minimum atomic E-state index is -0.646. The summed E-state index contributed by atoms with van der Waals surface area (Å²) in [6, 6.07) is 21.0. The molecule has 0 saturated heterocycles. The van der Waals surface area contributed by atoms with Gasteiger partial charge in [-0.05, 0) is 84.4 Å². The second kappa shape index (κ2) is 12.2. The van der Waals surface area contributed by atoms with Crippen molar-refractivity contribution >= 4 is 55.9 Å². The van der Waals surface area contributed by atoms with Crippen LogP contribution < -0.4 is 14.9 Å². The first-order valence-corrected chi connectivity index (χ1v) is 12.3. The standard InChI is InChI=1S/C27H17Br2N3O5/c28-21-8-4-18(5-9-21)26(34)36-23-12-3-17(15-31-32-25(33)20-2-1-13-30-16-20)14-24(23)37-27(35)19-6-10-22(29)11-7-19/h1-16H,(H,32,33). The van der Waals surface area contributed by atoms with Crippen molar-refractivity contribution in [1.29, 1.82) is 0 Å². The molecule has 37 heavy (non-hydrogen) atoms. The van der Waals surface area contributed by atoms with Gasteiger partial charge >= 0.3 is 11.9 Å². The highest BCUT2D eigenvalue weighted by Crippen LogP contribution is 2.30. The molecule has 0 bridgehead atoms. The molecule has 0 fully saturated rings. The predicted molar refractivity (Wildman–Crippen MR) is 144 cm³/mol. The highest BCUT2D eigenvalue weighted by molar-refractivity contribution is 9.10. The van der Waals surface area contributed by atoms with Gasteiger partial charge in [0.05, 0.1) is 22.9 Å². The van der Waals surface area contributed by atoms with Crippen molar-refractivity contribution in [1.82, 2.24) is 10.4 Å². The van der Waals surface area contributed by atoms with Crippen molar-refractivity contribution in [2.24, 2.45) is 5.10 Å². The minimum absolute atomic E-state index is 0.000848. The first-order valence-electron chi connectivity index (χ1n) is 10.7. The van der Waals surface area contributed by atoms with E-state index in [0.717, 1.165) is 8.95 Å². The van der Waals surface area contributed by atoms with E-state index in [1.807, 2.05) is 0 Å². The molecule has 0 radical (unpaired) electrons. The molecule has 0 saturated carbocycles. The van der Waals surface area contributed by atoms with E-state index in [1.165, 1.54) is 24.5 Å². The monoisotopic (exact) mass is 621 g/mol. The summed E-state index contributed by atoms with van der Waals surface area (Å²) >= 11 is 6.65. The number of carbonyl (C=O) groups is 3. The Balaban J connectivity index is 1.56. The lowest BCUT2D eigenvalue weighted by molar-refractivity contribution is 0.0682. The van der Waals surface area contributed by atoms with E-state index >= 15 is 0 Å². The third-order valence-electron chi connectivity index (χ3n) is 4.84. The summed E-state index contributed by atoms with van der Waals surface area (Å²) in [6.45, 7) is 0. The molecule has 1 amide bonds. The minimum Gasteiger partial charge on any atom is -0.419 e. The van der Waals surface area contributed by atoms with Crippen LogP contribution in [0.5, 0.6) is 11.5 Å². The van der Waals surface area contributed by atoms with Crippen molar-refractivity contribution in [2.75, 3.05) is 0 Å². The highest BCUT2D eigenvalue weighted by Gasteiger charge is 2.17. The number of carbonyl (C=O) groups excluding carboxylic acids is 3. The van der Waals surface area contributed by atoms with E-state index in [0.29, 0.717) is 22.3 Å². The fourth-order valence-corrected chi connectivity index (χ4v) is 3.51. The van der Waals surface area contributed by atoms with Crippen molar-refractivity contribution in [3.63, 3.8) is 0 Å². The topological polar surface area (TPSA) is 107 Å². The number of hydrogen-bond acceptors (Lipinski definition) is 7. The lowest BCUT2D eigenvalue weighted by atomic mass is 10.2. The number of esters is 2. The number of hydrogen-bond donors (Lipinski definition) is 1. The Morgan fingerprint density at radius 2 is 1.35 bits per heavy atom. The van der Waals surface area contributed by atoms with Crippen LogP contribution in [0, 0.1) is 0 Å². The zero-order valence-electron chi connectivity index (χ0n) is 18.9. The van der Waals surface area contributed by atoms with Crippen LogP contribution in [0.2, 0.25) is 0 Å². The molecule has 3 aromatic carbocycles. The molecule has 0 aliphatic heterocycles. The second-order valence-corrected chi connectivity index (χ2v) is 9.27. The van der Waals surface area contributed by atoms with Gasteiger partial charge < -0.3 is 9.47 Å². The summed E-state index contributed by atoms with van der Waals surface area (Å²) in [7, 11) is 0. The number of hydrazone groups is 1. The molecule has 8 nitrogen and oxygen atoms in total. The number of ether oxygens (including phenoxy) is 2. The molecular weight excluding hydrogens is 606 g/mol. The average Bonchev–Trinajstić information content (AvgIpc) is 2.91. The van der Waals surface area contributed by atoms with Crippen molar-refractivity contribution < 1.29 is 23.9 Å². The molecule has 4 rings (SSSR count). The number of nitrogens with zero attached hydrogens (tertiary/aromatic N) is 2. The molecule has 0 atom stereocenters. The van der Waals surface area contributed by atoms with E-state index in [-0.39, 0.29) is 11.5 Å². The largest absolute Gasteiger partial charge is 0.419 e. The van der Waals surface area contributed by atoms with Crippen LogP contribution in [0.1, 0.15) is 36.6 Å². The maximum Gasteiger partial charge on any atom is 0.343 e.